The first kappa shape index (κ1) is 19.3. The average Bonchev–Trinajstić information content (AvgIpc) is 2.34. The van der Waals surface area contributed by atoms with E-state index in [0.717, 1.165) is 27.1 Å². The van der Waals surface area contributed by atoms with Gasteiger partial charge in [-0.05, 0) is 6.42 Å². The summed E-state index contributed by atoms with van der Waals surface area (Å²) < 4.78 is 24.2. The van der Waals surface area contributed by atoms with Crippen LogP contribution in [0.15, 0.2) is 0 Å². The third kappa shape index (κ3) is 6.52. The summed E-state index contributed by atoms with van der Waals surface area (Å²) in [4.78, 5) is 11.5. The molecular weight excluding hydrogens is 339 g/mol. The number of hydrogen-bond acceptors (Lipinski definition) is 5. The van der Waals surface area contributed by atoms with E-state index in [9.17, 15) is 9.36 Å². The Kier molecular flexibility index (Phi) is 8.68. The van der Waals surface area contributed by atoms with Gasteiger partial charge in [0.15, 0.2) is 0 Å². The number of rotatable bonds is 7. The predicted octanol–water partition coefficient (Wildman–Crippen LogP) is 3.69. The number of halogens is 3. The minimum absolute atomic E-state index is 0.395. The van der Waals surface area contributed by atoms with Crippen LogP contribution >= 0.6 is 42.4 Å². The van der Waals surface area contributed by atoms with Crippen LogP contribution in [-0.2, 0) is 18.3 Å². The number of nitrogens with one attached hydrogen (secondary N) is 1. The van der Waals surface area contributed by atoms with Crippen molar-refractivity contribution in [1.29, 1.82) is 0 Å². The standard InChI is InChI=1S/C9H17Cl3NO5P/c1-4-5-6-13-8(14)18-7(9(10,11)12)19(15,16-2)17-3/h7H,4-6H2,1-3H3,(H,13,14). The summed E-state index contributed by atoms with van der Waals surface area (Å²) in [5.74, 6) is -1.67. The molecule has 0 fully saturated rings. The van der Waals surface area contributed by atoms with Crippen molar-refractivity contribution in [2.75, 3.05) is 20.8 Å². The van der Waals surface area contributed by atoms with Crippen molar-refractivity contribution in [3.05, 3.63) is 0 Å². The second-order valence-corrected chi connectivity index (χ2v) is 8.13. The molecule has 6 nitrogen and oxygen atoms in total. The number of amides is 1. The third-order valence-electron chi connectivity index (χ3n) is 2.09. The van der Waals surface area contributed by atoms with Gasteiger partial charge in [-0.3, -0.25) is 4.57 Å². The van der Waals surface area contributed by atoms with Gasteiger partial charge in [0.05, 0.1) is 0 Å². The molecule has 0 saturated heterocycles. The lowest BCUT2D eigenvalue weighted by Crippen LogP contribution is -2.36. The summed E-state index contributed by atoms with van der Waals surface area (Å²) in [7, 11) is -1.68. The van der Waals surface area contributed by atoms with Gasteiger partial charge in [0.25, 0.3) is 5.85 Å². The molecule has 0 saturated carbocycles. The first-order valence-corrected chi connectivity index (χ1v) is 8.18. The van der Waals surface area contributed by atoms with Crippen molar-refractivity contribution in [3.63, 3.8) is 0 Å². The molecular formula is C9H17Cl3NO5P. The maximum absolute atomic E-state index is 12.2. The first-order chi connectivity index (χ1) is 8.71. The van der Waals surface area contributed by atoms with Crippen LogP contribution < -0.4 is 5.32 Å². The molecule has 1 amide bonds. The van der Waals surface area contributed by atoms with Crippen molar-refractivity contribution in [3.8, 4) is 0 Å². The van der Waals surface area contributed by atoms with E-state index in [2.05, 4.69) is 14.4 Å². The minimum Gasteiger partial charge on any atom is -0.429 e. The van der Waals surface area contributed by atoms with Crippen LogP contribution in [0, 0.1) is 0 Å². The van der Waals surface area contributed by atoms with E-state index < -0.39 is 23.3 Å². The van der Waals surface area contributed by atoms with E-state index in [-0.39, 0.29) is 0 Å². The minimum atomic E-state index is -3.88. The Bertz CT molecular complexity index is 328. The molecule has 0 radical (unpaired) electrons. The van der Waals surface area contributed by atoms with Gasteiger partial charge >= 0.3 is 13.7 Å². The second kappa shape index (κ2) is 8.55. The topological polar surface area (TPSA) is 73.9 Å². The molecule has 0 heterocycles. The summed E-state index contributed by atoms with van der Waals surface area (Å²) in [5.41, 5.74) is 0. The summed E-state index contributed by atoms with van der Waals surface area (Å²) in [6.07, 6.45) is 0.793. The predicted molar refractivity (Wildman–Crippen MR) is 75.1 cm³/mol. The Labute approximate surface area is 127 Å². The van der Waals surface area contributed by atoms with Gasteiger partial charge in [0, 0.05) is 20.8 Å². The van der Waals surface area contributed by atoms with Crippen molar-refractivity contribution in [2.45, 2.75) is 29.4 Å². The van der Waals surface area contributed by atoms with Gasteiger partial charge in [-0.15, -0.1) is 0 Å². The lowest BCUT2D eigenvalue weighted by Gasteiger charge is -2.28. The van der Waals surface area contributed by atoms with Gasteiger partial charge in [-0.25, -0.2) is 4.79 Å². The van der Waals surface area contributed by atoms with Crippen molar-refractivity contribution in [2.24, 2.45) is 0 Å². The lowest BCUT2D eigenvalue weighted by molar-refractivity contribution is 0.111. The molecule has 0 aromatic rings. The van der Waals surface area contributed by atoms with Gasteiger partial charge < -0.3 is 19.1 Å². The Morgan fingerprint density at radius 2 is 1.84 bits per heavy atom. The van der Waals surface area contributed by atoms with Crippen LogP contribution in [0.5, 0.6) is 0 Å². The fourth-order valence-electron chi connectivity index (χ4n) is 1.09. The summed E-state index contributed by atoms with van der Waals surface area (Å²) >= 11 is 16.9. The van der Waals surface area contributed by atoms with Crippen LogP contribution in [-0.4, -0.2) is 36.5 Å². The highest BCUT2D eigenvalue weighted by Gasteiger charge is 2.51. The molecule has 0 aliphatic heterocycles. The summed E-state index contributed by atoms with van der Waals surface area (Å²) in [6.45, 7) is 2.35. The number of unbranched alkanes of at least 4 members (excludes halogenated alkanes) is 1. The van der Waals surface area contributed by atoms with E-state index in [1.54, 1.807) is 0 Å². The average molecular weight is 357 g/mol. The lowest BCUT2D eigenvalue weighted by atomic mass is 10.3. The van der Waals surface area contributed by atoms with Crippen molar-refractivity contribution < 1.29 is 23.1 Å². The number of hydrogen-bond donors (Lipinski definition) is 1. The van der Waals surface area contributed by atoms with Crippen LogP contribution in [0.4, 0.5) is 4.79 Å². The number of carbonyl (C=O) groups is 1. The molecule has 10 heteroatoms. The second-order valence-electron chi connectivity index (χ2n) is 3.48. The SMILES string of the molecule is CCCCNC(=O)OC(C(Cl)(Cl)Cl)P(=O)(OC)OC. The van der Waals surface area contributed by atoms with Crippen molar-refractivity contribution >= 4 is 48.5 Å². The van der Waals surface area contributed by atoms with E-state index in [4.69, 9.17) is 39.5 Å². The van der Waals surface area contributed by atoms with Crippen LogP contribution in [0.1, 0.15) is 19.8 Å². The van der Waals surface area contributed by atoms with Gasteiger partial charge in [-0.1, -0.05) is 48.1 Å². The molecule has 0 rings (SSSR count). The molecule has 0 aliphatic rings. The van der Waals surface area contributed by atoms with Crippen LogP contribution in [0.25, 0.3) is 0 Å². The van der Waals surface area contributed by atoms with Gasteiger partial charge in [-0.2, -0.15) is 0 Å². The smallest absolute Gasteiger partial charge is 0.408 e. The van der Waals surface area contributed by atoms with Crippen LogP contribution in [0.3, 0.4) is 0 Å². The van der Waals surface area contributed by atoms with Gasteiger partial charge in [0.2, 0.25) is 3.79 Å². The normalized spacial score (nSPS) is 14.0. The molecule has 19 heavy (non-hydrogen) atoms. The number of carbonyl (C=O) groups excluding carboxylic acids is 1. The number of ether oxygens (including phenoxy) is 1. The fraction of sp³-hybridized carbons (Fsp3) is 0.889. The zero-order chi connectivity index (χ0) is 15.1. The zero-order valence-electron chi connectivity index (χ0n) is 10.8. The van der Waals surface area contributed by atoms with Gasteiger partial charge in [0.1, 0.15) is 0 Å². The third-order valence-corrected chi connectivity index (χ3v) is 5.23. The molecule has 1 unspecified atom stereocenters. The zero-order valence-corrected chi connectivity index (χ0v) is 14.0. The molecule has 1 N–H and O–H groups in total. The maximum Gasteiger partial charge on any atom is 0.408 e. The molecule has 0 aromatic carbocycles. The quantitative estimate of drug-likeness (QED) is 0.428. The monoisotopic (exact) mass is 355 g/mol. The fourth-order valence-corrected chi connectivity index (χ4v) is 3.41. The first-order valence-electron chi connectivity index (χ1n) is 5.43. The van der Waals surface area contributed by atoms with Crippen molar-refractivity contribution in [1.82, 2.24) is 5.32 Å². The molecule has 0 aromatic heterocycles. The van der Waals surface area contributed by atoms with E-state index in [1.807, 2.05) is 6.92 Å². The molecule has 0 aliphatic carbocycles. The molecule has 114 valence electrons. The largest absolute Gasteiger partial charge is 0.429 e. The Balaban J connectivity index is 4.81. The Hall–Kier alpha value is 0.290. The Morgan fingerprint density at radius 1 is 1.32 bits per heavy atom. The van der Waals surface area contributed by atoms with E-state index >= 15 is 0 Å². The highest BCUT2D eigenvalue weighted by molar-refractivity contribution is 7.55. The van der Waals surface area contributed by atoms with E-state index in [0.29, 0.717) is 6.54 Å². The van der Waals surface area contributed by atoms with E-state index in [1.165, 1.54) is 0 Å². The number of alkyl carbamates (subject to hydrolysis) is 1. The summed E-state index contributed by atoms with van der Waals surface area (Å²) in [5, 5.41) is 2.44. The van der Waals surface area contributed by atoms with Crippen LogP contribution in [0.2, 0.25) is 0 Å². The number of alkyl halides is 3. The maximum atomic E-state index is 12.2. The molecule has 0 spiro atoms. The molecule has 0 bridgehead atoms. The highest BCUT2D eigenvalue weighted by atomic mass is 35.6. The Morgan fingerprint density at radius 3 is 2.21 bits per heavy atom. The molecule has 1 atom stereocenters. The highest BCUT2D eigenvalue weighted by Crippen LogP contribution is 2.59. The summed E-state index contributed by atoms with van der Waals surface area (Å²) in [6, 6.07) is 0.